The quantitative estimate of drug-likeness (QED) is 0.696. The number of amides is 3. The summed E-state index contributed by atoms with van der Waals surface area (Å²) in [4.78, 5) is 23.0. The van der Waals surface area contributed by atoms with Crippen molar-refractivity contribution in [2.24, 2.45) is 11.7 Å². The SMILES string of the molecule is CC(C)C[C@H](NC(=O)NC1CCCCC1)C(N)=O. The maximum atomic E-state index is 11.8. The van der Waals surface area contributed by atoms with Crippen LogP contribution in [0.2, 0.25) is 0 Å². The number of hydrogen-bond donors (Lipinski definition) is 3. The van der Waals surface area contributed by atoms with Gasteiger partial charge >= 0.3 is 6.03 Å². The van der Waals surface area contributed by atoms with Crippen LogP contribution in [0.4, 0.5) is 4.79 Å². The fourth-order valence-corrected chi connectivity index (χ4v) is 2.35. The van der Waals surface area contributed by atoms with Crippen LogP contribution in [0.15, 0.2) is 0 Å². The standard InChI is InChI=1S/C13H25N3O2/c1-9(2)8-11(12(14)17)16-13(18)15-10-6-4-3-5-7-10/h9-11H,3-8H2,1-2H3,(H2,14,17)(H2,15,16,18)/t11-/m0/s1. The molecule has 1 aliphatic carbocycles. The Morgan fingerprint density at radius 3 is 2.33 bits per heavy atom. The van der Waals surface area contributed by atoms with E-state index in [1.165, 1.54) is 6.42 Å². The van der Waals surface area contributed by atoms with Gasteiger partial charge in [0.25, 0.3) is 0 Å². The highest BCUT2D eigenvalue weighted by atomic mass is 16.2. The number of carbonyl (C=O) groups excluding carboxylic acids is 2. The summed E-state index contributed by atoms with van der Waals surface area (Å²) in [5.74, 6) is -0.153. The predicted molar refractivity (Wildman–Crippen MR) is 71.0 cm³/mol. The zero-order valence-corrected chi connectivity index (χ0v) is 11.4. The van der Waals surface area contributed by atoms with Gasteiger partial charge in [0.1, 0.15) is 6.04 Å². The van der Waals surface area contributed by atoms with Gasteiger partial charge < -0.3 is 16.4 Å². The van der Waals surface area contributed by atoms with Crippen LogP contribution in [-0.4, -0.2) is 24.0 Å². The Morgan fingerprint density at radius 1 is 1.22 bits per heavy atom. The summed E-state index contributed by atoms with van der Waals surface area (Å²) >= 11 is 0. The second kappa shape index (κ2) is 7.24. The van der Waals surface area contributed by atoms with Gasteiger partial charge in [-0.05, 0) is 25.2 Å². The summed E-state index contributed by atoms with van der Waals surface area (Å²) in [6, 6.07) is -0.605. The molecule has 0 aliphatic heterocycles. The molecule has 1 aliphatic rings. The third-order valence-corrected chi connectivity index (χ3v) is 3.30. The molecule has 0 saturated heterocycles. The van der Waals surface area contributed by atoms with Crippen molar-refractivity contribution in [1.29, 1.82) is 0 Å². The number of nitrogens with one attached hydrogen (secondary N) is 2. The summed E-state index contributed by atoms with van der Waals surface area (Å²) in [6.07, 6.45) is 6.20. The molecule has 4 N–H and O–H groups in total. The third kappa shape index (κ3) is 5.38. The Kier molecular flexibility index (Phi) is 5.95. The van der Waals surface area contributed by atoms with Crippen LogP contribution in [0.25, 0.3) is 0 Å². The van der Waals surface area contributed by atoms with E-state index in [9.17, 15) is 9.59 Å². The van der Waals surface area contributed by atoms with Crippen molar-refractivity contribution in [3.8, 4) is 0 Å². The molecule has 0 bridgehead atoms. The number of nitrogens with two attached hydrogens (primary N) is 1. The lowest BCUT2D eigenvalue weighted by Crippen LogP contribution is -2.51. The molecule has 1 fully saturated rings. The number of primary amides is 1. The molecule has 0 heterocycles. The molecule has 0 aromatic heterocycles. The average molecular weight is 255 g/mol. The molecule has 3 amide bonds. The lowest BCUT2D eigenvalue weighted by molar-refractivity contribution is -0.120. The van der Waals surface area contributed by atoms with E-state index in [4.69, 9.17) is 5.73 Å². The van der Waals surface area contributed by atoms with Gasteiger partial charge in [0.2, 0.25) is 5.91 Å². The second-order valence-electron chi connectivity index (χ2n) is 5.54. The van der Waals surface area contributed by atoms with Crippen LogP contribution in [0.3, 0.4) is 0 Å². The van der Waals surface area contributed by atoms with Crippen molar-refractivity contribution in [3.63, 3.8) is 0 Å². The molecule has 1 rings (SSSR count). The fourth-order valence-electron chi connectivity index (χ4n) is 2.35. The molecular weight excluding hydrogens is 230 g/mol. The lowest BCUT2D eigenvalue weighted by atomic mass is 9.96. The highest BCUT2D eigenvalue weighted by molar-refractivity contribution is 5.85. The zero-order valence-electron chi connectivity index (χ0n) is 11.4. The number of hydrogen-bond acceptors (Lipinski definition) is 2. The van der Waals surface area contributed by atoms with E-state index >= 15 is 0 Å². The van der Waals surface area contributed by atoms with Gasteiger partial charge in [-0.1, -0.05) is 33.1 Å². The van der Waals surface area contributed by atoms with E-state index < -0.39 is 11.9 Å². The predicted octanol–water partition coefficient (Wildman–Crippen LogP) is 1.52. The first-order chi connectivity index (χ1) is 8.49. The van der Waals surface area contributed by atoms with Crippen LogP contribution >= 0.6 is 0 Å². The zero-order chi connectivity index (χ0) is 13.5. The molecule has 0 aromatic rings. The first kappa shape index (κ1) is 14.8. The molecule has 0 radical (unpaired) electrons. The Balaban J connectivity index is 2.37. The topological polar surface area (TPSA) is 84.2 Å². The summed E-state index contributed by atoms with van der Waals surface area (Å²) < 4.78 is 0. The monoisotopic (exact) mass is 255 g/mol. The molecule has 1 atom stereocenters. The Morgan fingerprint density at radius 2 is 1.83 bits per heavy atom. The minimum Gasteiger partial charge on any atom is -0.368 e. The van der Waals surface area contributed by atoms with Gasteiger partial charge in [-0.3, -0.25) is 4.79 Å². The van der Waals surface area contributed by atoms with Gasteiger partial charge in [-0.15, -0.1) is 0 Å². The minimum atomic E-state index is -0.575. The van der Waals surface area contributed by atoms with E-state index in [0.29, 0.717) is 12.3 Å². The van der Waals surface area contributed by atoms with Crippen LogP contribution in [0.1, 0.15) is 52.4 Å². The Hall–Kier alpha value is -1.26. The molecule has 104 valence electrons. The van der Waals surface area contributed by atoms with Crippen molar-refractivity contribution < 1.29 is 9.59 Å². The van der Waals surface area contributed by atoms with Crippen LogP contribution in [0, 0.1) is 5.92 Å². The van der Waals surface area contributed by atoms with Crippen molar-refractivity contribution in [2.75, 3.05) is 0 Å². The molecule has 0 spiro atoms. The van der Waals surface area contributed by atoms with Gasteiger partial charge in [0.15, 0.2) is 0 Å². The smallest absolute Gasteiger partial charge is 0.315 e. The summed E-state index contributed by atoms with van der Waals surface area (Å²) in [7, 11) is 0. The summed E-state index contributed by atoms with van der Waals surface area (Å²) in [5.41, 5.74) is 5.29. The number of carbonyl (C=O) groups is 2. The highest BCUT2D eigenvalue weighted by Gasteiger charge is 2.21. The largest absolute Gasteiger partial charge is 0.368 e. The lowest BCUT2D eigenvalue weighted by Gasteiger charge is -2.24. The van der Waals surface area contributed by atoms with Crippen LogP contribution < -0.4 is 16.4 Å². The maximum absolute atomic E-state index is 11.8. The summed E-state index contributed by atoms with van der Waals surface area (Å²) in [6.45, 7) is 3.99. The molecule has 5 heteroatoms. The van der Waals surface area contributed by atoms with E-state index in [2.05, 4.69) is 10.6 Å². The van der Waals surface area contributed by atoms with E-state index in [1.54, 1.807) is 0 Å². The third-order valence-electron chi connectivity index (χ3n) is 3.30. The molecule has 18 heavy (non-hydrogen) atoms. The molecule has 0 aromatic carbocycles. The average Bonchev–Trinajstić information content (AvgIpc) is 2.28. The Labute approximate surface area is 109 Å². The van der Waals surface area contributed by atoms with E-state index in [1.807, 2.05) is 13.8 Å². The van der Waals surface area contributed by atoms with Crippen molar-refractivity contribution in [1.82, 2.24) is 10.6 Å². The minimum absolute atomic E-state index is 0.242. The van der Waals surface area contributed by atoms with Crippen LogP contribution in [-0.2, 0) is 4.79 Å². The van der Waals surface area contributed by atoms with Crippen molar-refractivity contribution in [2.45, 2.75) is 64.5 Å². The van der Waals surface area contributed by atoms with Gasteiger partial charge in [0.05, 0.1) is 0 Å². The van der Waals surface area contributed by atoms with Crippen LogP contribution in [0.5, 0.6) is 0 Å². The maximum Gasteiger partial charge on any atom is 0.315 e. The summed E-state index contributed by atoms with van der Waals surface area (Å²) in [5, 5.41) is 5.59. The van der Waals surface area contributed by atoms with Gasteiger partial charge in [-0.25, -0.2) is 4.79 Å². The van der Waals surface area contributed by atoms with Gasteiger partial charge in [-0.2, -0.15) is 0 Å². The van der Waals surface area contributed by atoms with Crippen molar-refractivity contribution in [3.05, 3.63) is 0 Å². The molecule has 1 saturated carbocycles. The first-order valence-electron chi connectivity index (χ1n) is 6.85. The first-order valence-corrected chi connectivity index (χ1v) is 6.85. The number of urea groups is 1. The normalized spacial score (nSPS) is 18.4. The molecular formula is C13H25N3O2. The fraction of sp³-hybridized carbons (Fsp3) is 0.846. The Bertz CT molecular complexity index is 286. The van der Waals surface area contributed by atoms with E-state index in [-0.39, 0.29) is 12.1 Å². The van der Waals surface area contributed by atoms with Crippen molar-refractivity contribution >= 4 is 11.9 Å². The van der Waals surface area contributed by atoms with E-state index in [0.717, 1.165) is 25.7 Å². The molecule has 0 unspecified atom stereocenters. The van der Waals surface area contributed by atoms with Gasteiger partial charge in [0, 0.05) is 6.04 Å². The highest BCUT2D eigenvalue weighted by Crippen LogP contribution is 2.17. The molecule has 5 nitrogen and oxygen atoms in total. The number of rotatable bonds is 5. The second-order valence-corrected chi connectivity index (χ2v) is 5.54.